The van der Waals surface area contributed by atoms with Crippen LogP contribution in [0.5, 0.6) is 0 Å². The van der Waals surface area contributed by atoms with Crippen molar-refractivity contribution in [3.63, 3.8) is 0 Å². The largest absolute Gasteiger partial charge is 0.398 e. The molecule has 0 radical (unpaired) electrons. The Kier molecular flexibility index (Phi) is 2.37. The van der Waals surface area contributed by atoms with Crippen molar-refractivity contribution in [3.8, 4) is 0 Å². The minimum Gasteiger partial charge on any atom is -0.398 e. The van der Waals surface area contributed by atoms with Crippen molar-refractivity contribution in [2.45, 2.75) is 6.92 Å². The molecule has 0 aliphatic carbocycles. The number of hydrogen-bond acceptors (Lipinski definition) is 2. The Balaban J connectivity index is 3.00. The molecule has 0 bridgehead atoms. The van der Waals surface area contributed by atoms with E-state index in [9.17, 15) is 0 Å². The molecular formula is C10H8BrClN2. The van der Waals surface area contributed by atoms with E-state index >= 15 is 0 Å². The third-order valence-corrected chi connectivity index (χ3v) is 2.98. The molecule has 4 heteroatoms. The van der Waals surface area contributed by atoms with Gasteiger partial charge in [0.1, 0.15) is 0 Å². The van der Waals surface area contributed by atoms with E-state index in [1.165, 1.54) is 0 Å². The van der Waals surface area contributed by atoms with Gasteiger partial charge in [0.2, 0.25) is 0 Å². The van der Waals surface area contributed by atoms with Gasteiger partial charge in [0.15, 0.2) is 0 Å². The van der Waals surface area contributed by atoms with Gasteiger partial charge in [-0.25, -0.2) is 0 Å². The van der Waals surface area contributed by atoms with Crippen LogP contribution in [-0.4, -0.2) is 4.98 Å². The summed E-state index contributed by atoms with van der Waals surface area (Å²) >= 11 is 9.46. The average Bonchev–Trinajstić information content (AvgIpc) is 2.10. The Bertz CT molecular complexity index is 511. The summed E-state index contributed by atoms with van der Waals surface area (Å²) in [5.74, 6) is 0. The van der Waals surface area contributed by atoms with Gasteiger partial charge in [-0.15, -0.1) is 0 Å². The zero-order valence-electron chi connectivity index (χ0n) is 7.51. The van der Waals surface area contributed by atoms with E-state index in [0.29, 0.717) is 10.7 Å². The van der Waals surface area contributed by atoms with Crippen LogP contribution < -0.4 is 5.73 Å². The van der Waals surface area contributed by atoms with E-state index in [1.54, 1.807) is 6.07 Å². The van der Waals surface area contributed by atoms with Crippen LogP contribution >= 0.6 is 27.5 Å². The number of aromatic nitrogens is 1. The zero-order chi connectivity index (χ0) is 10.3. The monoisotopic (exact) mass is 270 g/mol. The molecule has 0 saturated carbocycles. The number of anilines is 1. The van der Waals surface area contributed by atoms with E-state index in [2.05, 4.69) is 20.9 Å². The first kappa shape index (κ1) is 9.74. The smallest absolute Gasteiger partial charge is 0.0923 e. The average molecular weight is 272 g/mol. The lowest BCUT2D eigenvalue weighted by Gasteiger charge is -2.06. The SMILES string of the molecule is Cc1cc(N)c2c(Br)ccc(Cl)c2n1. The van der Waals surface area contributed by atoms with E-state index in [1.807, 2.05) is 19.1 Å². The lowest BCUT2D eigenvalue weighted by molar-refractivity contribution is 1.26. The Morgan fingerprint density at radius 1 is 1.43 bits per heavy atom. The van der Waals surface area contributed by atoms with Crippen LogP contribution in [0.2, 0.25) is 5.02 Å². The van der Waals surface area contributed by atoms with Crippen molar-refractivity contribution in [1.29, 1.82) is 0 Å². The highest BCUT2D eigenvalue weighted by Gasteiger charge is 2.08. The summed E-state index contributed by atoms with van der Waals surface area (Å²) in [5.41, 5.74) is 8.21. The first-order valence-corrected chi connectivity index (χ1v) is 5.27. The normalized spacial score (nSPS) is 10.8. The third-order valence-electron chi connectivity index (χ3n) is 2.02. The van der Waals surface area contributed by atoms with E-state index in [-0.39, 0.29) is 0 Å². The van der Waals surface area contributed by atoms with E-state index < -0.39 is 0 Å². The quantitative estimate of drug-likeness (QED) is 0.796. The standard InChI is InChI=1S/C10H8BrClN2/c1-5-4-8(13)9-6(11)2-3-7(12)10(9)14-5/h2-4H,1H3,(H2,13,14). The van der Waals surface area contributed by atoms with Gasteiger partial charge >= 0.3 is 0 Å². The van der Waals surface area contributed by atoms with E-state index in [4.69, 9.17) is 17.3 Å². The number of nitrogens with zero attached hydrogens (tertiary/aromatic N) is 1. The second-order valence-electron chi connectivity index (χ2n) is 3.11. The van der Waals surface area contributed by atoms with Crippen LogP contribution in [0, 0.1) is 6.92 Å². The highest BCUT2D eigenvalue weighted by molar-refractivity contribution is 9.10. The Morgan fingerprint density at radius 3 is 2.86 bits per heavy atom. The van der Waals surface area contributed by atoms with Crippen LogP contribution in [0.25, 0.3) is 10.9 Å². The number of hydrogen-bond donors (Lipinski definition) is 1. The molecule has 2 rings (SSSR count). The number of nitrogens with two attached hydrogens (primary N) is 1. The van der Waals surface area contributed by atoms with Crippen molar-refractivity contribution in [1.82, 2.24) is 4.98 Å². The van der Waals surface area contributed by atoms with Crippen molar-refractivity contribution < 1.29 is 0 Å². The van der Waals surface area contributed by atoms with Gasteiger partial charge < -0.3 is 5.73 Å². The molecule has 0 unspecified atom stereocenters. The minimum atomic E-state index is 0.624. The summed E-state index contributed by atoms with van der Waals surface area (Å²) in [6.45, 7) is 1.90. The van der Waals surface area contributed by atoms with Crippen LogP contribution in [0.4, 0.5) is 5.69 Å². The summed E-state index contributed by atoms with van der Waals surface area (Å²) in [4.78, 5) is 4.35. The maximum atomic E-state index is 6.03. The first-order valence-electron chi connectivity index (χ1n) is 4.10. The van der Waals surface area contributed by atoms with Crippen LogP contribution in [0.15, 0.2) is 22.7 Å². The van der Waals surface area contributed by atoms with Crippen molar-refractivity contribution in [2.75, 3.05) is 5.73 Å². The predicted molar refractivity (Wildman–Crippen MR) is 63.6 cm³/mol. The van der Waals surface area contributed by atoms with E-state index in [0.717, 1.165) is 21.1 Å². The fourth-order valence-corrected chi connectivity index (χ4v) is 2.18. The zero-order valence-corrected chi connectivity index (χ0v) is 9.85. The molecule has 2 N–H and O–H groups in total. The second-order valence-corrected chi connectivity index (χ2v) is 4.37. The molecule has 2 nitrogen and oxygen atoms in total. The van der Waals surface area contributed by atoms with Crippen LogP contribution in [0.3, 0.4) is 0 Å². The highest BCUT2D eigenvalue weighted by atomic mass is 79.9. The van der Waals surface area contributed by atoms with Crippen molar-refractivity contribution in [3.05, 3.63) is 33.4 Å². The summed E-state index contributed by atoms with van der Waals surface area (Å²) in [6.07, 6.45) is 0. The van der Waals surface area contributed by atoms with Crippen molar-refractivity contribution in [2.24, 2.45) is 0 Å². The highest BCUT2D eigenvalue weighted by Crippen LogP contribution is 2.32. The molecule has 72 valence electrons. The summed E-state index contributed by atoms with van der Waals surface area (Å²) in [7, 11) is 0. The predicted octanol–water partition coefficient (Wildman–Crippen LogP) is 3.54. The van der Waals surface area contributed by atoms with Gasteiger partial charge in [-0.05, 0) is 25.1 Å². The number of rotatable bonds is 0. The number of nitrogen functional groups attached to an aromatic ring is 1. The maximum absolute atomic E-state index is 6.03. The molecule has 14 heavy (non-hydrogen) atoms. The van der Waals surface area contributed by atoms with Crippen LogP contribution in [-0.2, 0) is 0 Å². The fraction of sp³-hybridized carbons (Fsp3) is 0.100. The summed E-state index contributed by atoms with van der Waals surface area (Å²) in [6, 6.07) is 5.52. The minimum absolute atomic E-state index is 0.624. The van der Waals surface area contributed by atoms with Gasteiger partial charge in [-0.3, -0.25) is 4.98 Å². The molecular weight excluding hydrogens is 263 g/mol. The van der Waals surface area contributed by atoms with Gasteiger partial charge in [-0.2, -0.15) is 0 Å². The molecule has 0 saturated heterocycles. The number of halogens is 2. The maximum Gasteiger partial charge on any atom is 0.0923 e. The molecule has 0 fully saturated rings. The lowest BCUT2D eigenvalue weighted by Crippen LogP contribution is -1.93. The second kappa shape index (κ2) is 3.41. The Labute approximate surface area is 95.2 Å². The molecule has 0 aliphatic heterocycles. The molecule has 0 spiro atoms. The van der Waals surface area contributed by atoms with Gasteiger partial charge in [0, 0.05) is 21.2 Å². The molecule has 1 heterocycles. The van der Waals surface area contributed by atoms with Gasteiger partial charge in [0.05, 0.1) is 10.5 Å². The topological polar surface area (TPSA) is 38.9 Å². The number of fused-ring (bicyclic) bond motifs is 1. The number of benzene rings is 1. The number of pyridine rings is 1. The Morgan fingerprint density at radius 2 is 2.14 bits per heavy atom. The van der Waals surface area contributed by atoms with Crippen molar-refractivity contribution >= 4 is 44.1 Å². The molecule has 1 aromatic heterocycles. The molecule has 0 aliphatic rings. The van der Waals surface area contributed by atoms with Gasteiger partial charge in [0.25, 0.3) is 0 Å². The Hall–Kier alpha value is -0.800. The molecule has 0 amide bonds. The molecule has 1 aromatic carbocycles. The molecule has 0 atom stereocenters. The summed E-state index contributed by atoms with van der Waals surface area (Å²) in [5, 5.41) is 1.50. The third kappa shape index (κ3) is 1.47. The number of aryl methyl sites for hydroxylation is 1. The summed E-state index contributed by atoms with van der Waals surface area (Å²) < 4.78 is 0.918. The lowest BCUT2D eigenvalue weighted by atomic mass is 10.1. The first-order chi connectivity index (χ1) is 6.59. The van der Waals surface area contributed by atoms with Crippen LogP contribution in [0.1, 0.15) is 5.69 Å². The fourth-order valence-electron chi connectivity index (χ4n) is 1.43. The van der Waals surface area contributed by atoms with Gasteiger partial charge in [-0.1, -0.05) is 27.5 Å². The molecule has 2 aromatic rings.